The Morgan fingerprint density at radius 3 is 2.73 bits per heavy atom. The highest BCUT2D eigenvalue weighted by atomic mass is 16.5. The Labute approximate surface area is 88.7 Å². The van der Waals surface area contributed by atoms with Gasteiger partial charge in [-0.2, -0.15) is 0 Å². The highest BCUT2D eigenvalue weighted by Gasteiger charge is 2.32. The number of aliphatic carboxylic acids is 1. The van der Waals surface area contributed by atoms with E-state index in [0.29, 0.717) is 13.0 Å². The molecule has 1 fully saturated rings. The van der Waals surface area contributed by atoms with Crippen molar-refractivity contribution in [1.82, 2.24) is 0 Å². The predicted molar refractivity (Wildman–Crippen MR) is 55.5 cm³/mol. The summed E-state index contributed by atoms with van der Waals surface area (Å²) in [5.74, 6) is -1.16. The fraction of sp³-hybridized carbons (Fsp3) is 0.417. The average molecular weight is 206 g/mol. The maximum atomic E-state index is 11.1. The third-order valence-electron chi connectivity index (χ3n) is 2.77. The zero-order valence-corrected chi connectivity index (χ0v) is 8.43. The second kappa shape index (κ2) is 4.45. The van der Waals surface area contributed by atoms with Gasteiger partial charge < -0.3 is 9.84 Å². The van der Waals surface area contributed by atoms with Crippen molar-refractivity contribution >= 4 is 5.97 Å². The second-order valence-corrected chi connectivity index (χ2v) is 3.79. The molecule has 1 aromatic rings. The maximum absolute atomic E-state index is 11.1. The van der Waals surface area contributed by atoms with Crippen molar-refractivity contribution in [1.29, 1.82) is 0 Å². The van der Waals surface area contributed by atoms with Crippen LogP contribution >= 0.6 is 0 Å². The van der Waals surface area contributed by atoms with Gasteiger partial charge in [0.25, 0.3) is 0 Å². The molecule has 0 aromatic heterocycles. The molecule has 2 rings (SSSR count). The first-order valence-electron chi connectivity index (χ1n) is 5.18. The van der Waals surface area contributed by atoms with Crippen molar-refractivity contribution in [2.45, 2.75) is 18.9 Å². The average Bonchev–Trinajstić information content (AvgIpc) is 2.30. The molecule has 0 radical (unpaired) electrons. The number of carbonyl (C=O) groups is 1. The second-order valence-electron chi connectivity index (χ2n) is 3.79. The first-order valence-corrected chi connectivity index (χ1v) is 5.18. The van der Waals surface area contributed by atoms with E-state index < -0.39 is 11.9 Å². The number of carboxylic acids is 1. The normalized spacial score (nSPS) is 26.1. The van der Waals surface area contributed by atoms with Gasteiger partial charge in [-0.3, -0.25) is 4.79 Å². The lowest BCUT2D eigenvalue weighted by molar-refractivity contribution is -0.151. The number of rotatable bonds is 2. The smallest absolute Gasteiger partial charge is 0.309 e. The first-order chi connectivity index (χ1) is 7.29. The Bertz CT molecular complexity index is 334. The molecule has 0 bridgehead atoms. The SMILES string of the molecule is O=C(O)[C@H]1CCCO[C@H]1c1ccccc1. The van der Waals surface area contributed by atoms with E-state index >= 15 is 0 Å². The van der Waals surface area contributed by atoms with Crippen LogP contribution in [0.15, 0.2) is 30.3 Å². The van der Waals surface area contributed by atoms with Crippen molar-refractivity contribution in [2.24, 2.45) is 5.92 Å². The summed E-state index contributed by atoms with van der Waals surface area (Å²) < 4.78 is 5.56. The van der Waals surface area contributed by atoms with Crippen LogP contribution in [-0.2, 0) is 9.53 Å². The Morgan fingerprint density at radius 2 is 2.07 bits per heavy atom. The number of ether oxygens (including phenoxy) is 1. The van der Waals surface area contributed by atoms with E-state index in [0.717, 1.165) is 12.0 Å². The van der Waals surface area contributed by atoms with Gasteiger partial charge in [0.1, 0.15) is 0 Å². The van der Waals surface area contributed by atoms with E-state index in [4.69, 9.17) is 9.84 Å². The molecule has 0 unspecified atom stereocenters. The third kappa shape index (κ3) is 2.18. The Hall–Kier alpha value is -1.35. The third-order valence-corrected chi connectivity index (χ3v) is 2.77. The molecular formula is C12H14O3. The van der Waals surface area contributed by atoms with Crippen LogP contribution in [0.2, 0.25) is 0 Å². The van der Waals surface area contributed by atoms with Crippen molar-refractivity contribution in [3.05, 3.63) is 35.9 Å². The first kappa shape index (κ1) is 10.2. The standard InChI is InChI=1S/C12H14O3/c13-12(14)10-7-4-8-15-11(10)9-5-2-1-3-6-9/h1-3,5-6,10-11H,4,7-8H2,(H,13,14)/t10-,11-/m0/s1. The van der Waals surface area contributed by atoms with Crippen molar-refractivity contribution in [3.63, 3.8) is 0 Å². The number of carboxylic acid groups (broad SMARTS) is 1. The Kier molecular flexibility index (Phi) is 3.02. The van der Waals surface area contributed by atoms with Crippen LogP contribution in [0.4, 0.5) is 0 Å². The minimum absolute atomic E-state index is 0.280. The van der Waals surface area contributed by atoms with Crippen molar-refractivity contribution in [2.75, 3.05) is 6.61 Å². The Morgan fingerprint density at radius 1 is 1.33 bits per heavy atom. The number of hydrogen-bond donors (Lipinski definition) is 1. The minimum Gasteiger partial charge on any atom is -0.481 e. The monoisotopic (exact) mass is 206 g/mol. The largest absolute Gasteiger partial charge is 0.481 e. The number of benzene rings is 1. The number of hydrogen-bond acceptors (Lipinski definition) is 2. The van der Waals surface area contributed by atoms with Gasteiger partial charge in [0.05, 0.1) is 12.0 Å². The van der Waals surface area contributed by atoms with E-state index in [-0.39, 0.29) is 6.10 Å². The van der Waals surface area contributed by atoms with Gasteiger partial charge in [0.15, 0.2) is 0 Å². The lowest BCUT2D eigenvalue weighted by Gasteiger charge is -2.29. The molecule has 1 N–H and O–H groups in total. The summed E-state index contributed by atoms with van der Waals surface area (Å²) in [5, 5.41) is 9.09. The van der Waals surface area contributed by atoms with E-state index in [9.17, 15) is 4.79 Å². The molecule has 0 spiro atoms. The Balaban J connectivity index is 2.22. The van der Waals surface area contributed by atoms with Crippen LogP contribution in [0.3, 0.4) is 0 Å². The van der Waals surface area contributed by atoms with Gasteiger partial charge in [-0.15, -0.1) is 0 Å². The fourth-order valence-corrected chi connectivity index (χ4v) is 2.01. The van der Waals surface area contributed by atoms with Crippen molar-refractivity contribution in [3.8, 4) is 0 Å². The molecule has 15 heavy (non-hydrogen) atoms. The zero-order valence-electron chi connectivity index (χ0n) is 8.43. The van der Waals surface area contributed by atoms with Gasteiger partial charge in [-0.1, -0.05) is 30.3 Å². The van der Waals surface area contributed by atoms with E-state index in [2.05, 4.69) is 0 Å². The van der Waals surface area contributed by atoms with Crippen molar-refractivity contribution < 1.29 is 14.6 Å². The zero-order chi connectivity index (χ0) is 10.7. The van der Waals surface area contributed by atoms with Crippen LogP contribution in [0.1, 0.15) is 24.5 Å². The molecule has 1 saturated heterocycles. The van der Waals surface area contributed by atoms with Gasteiger partial charge >= 0.3 is 5.97 Å². The summed E-state index contributed by atoms with van der Waals surface area (Å²) in [6.07, 6.45) is 1.26. The minimum atomic E-state index is -0.761. The van der Waals surface area contributed by atoms with Crippen LogP contribution in [0.25, 0.3) is 0 Å². The summed E-state index contributed by atoms with van der Waals surface area (Å²) in [5.41, 5.74) is 0.963. The van der Waals surface area contributed by atoms with Gasteiger partial charge in [-0.25, -0.2) is 0 Å². The molecule has 3 heteroatoms. The summed E-state index contributed by atoms with van der Waals surface area (Å²) in [6.45, 7) is 0.656. The van der Waals surface area contributed by atoms with Crippen LogP contribution in [-0.4, -0.2) is 17.7 Å². The molecule has 3 nitrogen and oxygen atoms in total. The summed E-state index contributed by atoms with van der Waals surface area (Å²) in [4.78, 5) is 11.1. The van der Waals surface area contributed by atoms with Crippen LogP contribution in [0, 0.1) is 5.92 Å². The molecule has 0 saturated carbocycles. The topological polar surface area (TPSA) is 46.5 Å². The van der Waals surface area contributed by atoms with E-state index in [1.165, 1.54) is 0 Å². The molecule has 2 atom stereocenters. The summed E-state index contributed by atoms with van der Waals surface area (Å²) >= 11 is 0. The molecule has 1 aromatic carbocycles. The van der Waals surface area contributed by atoms with Gasteiger partial charge in [-0.05, 0) is 18.4 Å². The van der Waals surface area contributed by atoms with Crippen LogP contribution < -0.4 is 0 Å². The quantitative estimate of drug-likeness (QED) is 0.807. The van der Waals surface area contributed by atoms with Gasteiger partial charge in [0, 0.05) is 6.61 Å². The summed E-state index contributed by atoms with van der Waals surface area (Å²) in [7, 11) is 0. The predicted octanol–water partition coefficient (Wildman–Crippen LogP) is 2.24. The lowest BCUT2D eigenvalue weighted by atomic mass is 9.90. The summed E-state index contributed by atoms with van der Waals surface area (Å²) in [6, 6.07) is 9.58. The lowest BCUT2D eigenvalue weighted by Crippen LogP contribution is -2.28. The fourth-order valence-electron chi connectivity index (χ4n) is 2.01. The molecule has 0 amide bonds. The maximum Gasteiger partial charge on any atom is 0.309 e. The molecule has 1 aliphatic rings. The van der Waals surface area contributed by atoms with Gasteiger partial charge in [0.2, 0.25) is 0 Å². The molecule has 0 aliphatic carbocycles. The van der Waals surface area contributed by atoms with E-state index in [1.807, 2.05) is 30.3 Å². The molecule has 1 aliphatic heterocycles. The van der Waals surface area contributed by atoms with Crippen LogP contribution in [0.5, 0.6) is 0 Å². The highest BCUT2D eigenvalue weighted by Crippen LogP contribution is 2.33. The molecular weight excluding hydrogens is 192 g/mol. The molecule has 80 valence electrons. The highest BCUT2D eigenvalue weighted by molar-refractivity contribution is 5.71. The molecule has 1 heterocycles. The van der Waals surface area contributed by atoms with E-state index in [1.54, 1.807) is 0 Å².